The molecule has 0 amide bonds. The summed E-state index contributed by atoms with van der Waals surface area (Å²) in [6.07, 6.45) is 4.81. The fraction of sp³-hybridized carbons (Fsp3) is 0.143. The number of hydrogen-bond donors (Lipinski definition) is 1. The molecule has 1 atom stereocenters. The molecule has 3 heterocycles. The summed E-state index contributed by atoms with van der Waals surface area (Å²) in [7, 11) is 0. The molecule has 6 nitrogen and oxygen atoms in total. The van der Waals surface area contributed by atoms with E-state index in [2.05, 4.69) is 10.3 Å². The predicted octanol–water partition coefficient (Wildman–Crippen LogP) is 6.61. The number of alkyl halides is 3. The summed E-state index contributed by atoms with van der Waals surface area (Å²) in [4.78, 5) is 25.2. The minimum absolute atomic E-state index is 0.0702. The van der Waals surface area contributed by atoms with E-state index >= 15 is 0 Å². The standard InChI is InChI=1S/C28H22F3N5O/c1-18(20-6-3-2-4-7-20)33-27-32-15-14-23(34-27)26-25(35-24-13-10-19(17-37)16-36(24)26)21-8-5-9-22(12-11-21)28(29,30)31/h2-11,13-18H,12H2,1H3,(H,32,33,34)/t18-/m0/s1. The van der Waals surface area contributed by atoms with Crippen LogP contribution in [0.3, 0.4) is 0 Å². The van der Waals surface area contributed by atoms with Crippen molar-refractivity contribution in [2.45, 2.75) is 25.6 Å². The fourth-order valence-electron chi connectivity index (χ4n) is 4.17. The number of carbonyl (C=O) groups excluding carboxylic acids is 1. The number of allylic oxidation sites excluding steroid dienone is 6. The highest BCUT2D eigenvalue weighted by Gasteiger charge is 2.32. The van der Waals surface area contributed by atoms with Gasteiger partial charge in [0.1, 0.15) is 5.65 Å². The van der Waals surface area contributed by atoms with Crippen LogP contribution in [0.5, 0.6) is 0 Å². The molecule has 0 saturated heterocycles. The number of fused-ring (bicyclic) bond motifs is 1. The van der Waals surface area contributed by atoms with Crippen LogP contribution in [0.4, 0.5) is 19.1 Å². The van der Waals surface area contributed by atoms with Gasteiger partial charge in [0.15, 0.2) is 6.29 Å². The number of benzene rings is 1. The van der Waals surface area contributed by atoms with Gasteiger partial charge in [-0.3, -0.25) is 9.20 Å². The maximum absolute atomic E-state index is 13.3. The summed E-state index contributed by atoms with van der Waals surface area (Å²) < 4.78 is 41.7. The van der Waals surface area contributed by atoms with E-state index in [0.29, 0.717) is 39.8 Å². The van der Waals surface area contributed by atoms with E-state index in [4.69, 9.17) is 9.97 Å². The minimum Gasteiger partial charge on any atom is -0.348 e. The highest BCUT2D eigenvalue weighted by molar-refractivity contribution is 5.85. The average molecular weight is 502 g/mol. The maximum Gasteiger partial charge on any atom is 0.412 e. The lowest BCUT2D eigenvalue weighted by atomic mass is 10.1. The molecule has 186 valence electrons. The molecule has 0 saturated carbocycles. The number of aromatic nitrogens is 4. The molecule has 37 heavy (non-hydrogen) atoms. The summed E-state index contributed by atoms with van der Waals surface area (Å²) in [6, 6.07) is 14.8. The van der Waals surface area contributed by atoms with Crippen molar-refractivity contribution in [2.24, 2.45) is 0 Å². The number of carbonyl (C=O) groups is 1. The Hall–Kier alpha value is -4.53. The Balaban J connectivity index is 1.59. The Morgan fingerprint density at radius 1 is 1.08 bits per heavy atom. The quantitative estimate of drug-likeness (QED) is 0.301. The second kappa shape index (κ2) is 9.85. The van der Waals surface area contributed by atoms with E-state index in [1.165, 1.54) is 12.2 Å². The van der Waals surface area contributed by atoms with Crippen LogP contribution in [0, 0.1) is 0 Å². The van der Waals surface area contributed by atoms with E-state index in [1.807, 2.05) is 37.3 Å². The molecular weight excluding hydrogens is 479 g/mol. The Labute approximate surface area is 210 Å². The Morgan fingerprint density at radius 3 is 2.65 bits per heavy atom. The van der Waals surface area contributed by atoms with Crippen molar-refractivity contribution in [3.63, 3.8) is 0 Å². The molecule has 0 radical (unpaired) electrons. The largest absolute Gasteiger partial charge is 0.412 e. The van der Waals surface area contributed by atoms with Crippen molar-refractivity contribution in [2.75, 3.05) is 5.32 Å². The Morgan fingerprint density at radius 2 is 1.89 bits per heavy atom. The van der Waals surface area contributed by atoms with E-state index in [-0.39, 0.29) is 12.5 Å². The van der Waals surface area contributed by atoms with Crippen LogP contribution in [0.25, 0.3) is 22.6 Å². The zero-order valence-corrected chi connectivity index (χ0v) is 19.8. The van der Waals surface area contributed by atoms with Gasteiger partial charge in [0, 0.05) is 23.5 Å². The molecule has 3 aromatic heterocycles. The number of halogens is 3. The van der Waals surface area contributed by atoms with Crippen molar-refractivity contribution in [3.8, 4) is 11.4 Å². The van der Waals surface area contributed by atoms with Crippen molar-refractivity contribution in [1.29, 1.82) is 0 Å². The lowest BCUT2D eigenvalue weighted by Gasteiger charge is -2.15. The summed E-state index contributed by atoms with van der Waals surface area (Å²) in [5.74, 6) is 0.382. The first-order chi connectivity index (χ1) is 17.8. The molecule has 4 aromatic rings. The lowest BCUT2D eigenvalue weighted by Crippen LogP contribution is -2.10. The molecule has 1 aliphatic carbocycles. The molecule has 0 bridgehead atoms. The minimum atomic E-state index is -4.42. The summed E-state index contributed by atoms with van der Waals surface area (Å²) >= 11 is 0. The van der Waals surface area contributed by atoms with Gasteiger partial charge in [0.05, 0.1) is 23.1 Å². The second-order valence-corrected chi connectivity index (χ2v) is 8.57. The molecule has 1 aromatic carbocycles. The van der Waals surface area contributed by atoms with Crippen LogP contribution in [0.2, 0.25) is 0 Å². The van der Waals surface area contributed by atoms with Gasteiger partial charge in [-0.25, -0.2) is 15.0 Å². The Kier molecular flexibility index (Phi) is 6.43. The molecule has 5 rings (SSSR count). The number of nitrogens with one attached hydrogen (secondary N) is 1. The molecule has 1 N–H and O–H groups in total. The monoisotopic (exact) mass is 501 g/mol. The van der Waals surface area contributed by atoms with Crippen LogP contribution in [0.15, 0.2) is 90.8 Å². The zero-order valence-electron chi connectivity index (χ0n) is 19.8. The van der Waals surface area contributed by atoms with Crippen LogP contribution >= 0.6 is 0 Å². The summed E-state index contributed by atoms with van der Waals surface area (Å²) in [5, 5.41) is 3.29. The number of hydrogen-bond acceptors (Lipinski definition) is 5. The summed E-state index contributed by atoms with van der Waals surface area (Å²) in [6.45, 7) is 1.99. The molecular formula is C28H22F3N5O. The van der Waals surface area contributed by atoms with Gasteiger partial charge in [-0.1, -0.05) is 54.6 Å². The number of imidazole rings is 1. The van der Waals surface area contributed by atoms with Gasteiger partial charge in [-0.15, -0.1) is 0 Å². The molecule has 9 heteroatoms. The van der Waals surface area contributed by atoms with Crippen molar-refractivity contribution < 1.29 is 18.0 Å². The fourth-order valence-corrected chi connectivity index (χ4v) is 4.17. The van der Waals surface area contributed by atoms with Crippen molar-refractivity contribution >= 4 is 23.5 Å². The first-order valence-corrected chi connectivity index (χ1v) is 11.6. The van der Waals surface area contributed by atoms with Crippen LogP contribution in [-0.4, -0.2) is 31.8 Å². The molecule has 0 aliphatic heterocycles. The van der Waals surface area contributed by atoms with Gasteiger partial charge in [0.2, 0.25) is 5.95 Å². The zero-order chi connectivity index (χ0) is 26.0. The van der Waals surface area contributed by atoms with Gasteiger partial charge < -0.3 is 5.32 Å². The lowest BCUT2D eigenvalue weighted by molar-refractivity contribution is -0.0928. The molecule has 0 fully saturated rings. The van der Waals surface area contributed by atoms with Crippen LogP contribution in [0.1, 0.15) is 41.0 Å². The third-order valence-electron chi connectivity index (χ3n) is 6.07. The molecule has 1 aliphatic rings. The van der Waals surface area contributed by atoms with Gasteiger partial charge in [0.25, 0.3) is 0 Å². The number of aldehydes is 1. The van der Waals surface area contributed by atoms with Gasteiger partial charge in [-0.05, 0) is 42.7 Å². The molecule has 0 unspecified atom stereocenters. The SMILES string of the molecule is C[C@H](Nc1nccc(-c2c(C3=CCC(C(F)(F)F)=CC=C3)nc3ccc(C=O)cn23)n1)c1ccccc1. The van der Waals surface area contributed by atoms with Gasteiger partial charge in [-0.2, -0.15) is 13.2 Å². The summed E-state index contributed by atoms with van der Waals surface area (Å²) in [5.41, 5.74) is 3.40. The van der Waals surface area contributed by atoms with Crippen molar-refractivity contribution in [1.82, 2.24) is 19.4 Å². The first kappa shape index (κ1) is 24.2. The van der Waals surface area contributed by atoms with E-state index in [9.17, 15) is 18.0 Å². The third kappa shape index (κ3) is 5.06. The maximum atomic E-state index is 13.3. The normalized spacial score (nSPS) is 14.6. The highest BCUT2D eigenvalue weighted by Crippen LogP contribution is 2.35. The molecule has 0 spiro atoms. The first-order valence-electron chi connectivity index (χ1n) is 11.6. The Bertz CT molecular complexity index is 1550. The number of nitrogens with zero attached hydrogens (tertiary/aromatic N) is 4. The predicted molar refractivity (Wildman–Crippen MR) is 136 cm³/mol. The van der Waals surface area contributed by atoms with E-state index in [1.54, 1.807) is 41.1 Å². The average Bonchev–Trinajstić information content (AvgIpc) is 3.08. The smallest absolute Gasteiger partial charge is 0.348 e. The van der Waals surface area contributed by atoms with Crippen LogP contribution in [-0.2, 0) is 0 Å². The second-order valence-electron chi connectivity index (χ2n) is 8.57. The van der Waals surface area contributed by atoms with E-state index < -0.39 is 11.7 Å². The topological polar surface area (TPSA) is 72.2 Å². The number of anilines is 1. The number of rotatable bonds is 6. The van der Waals surface area contributed by atoms with Gasteiger partial charge >= 0.3 is 6.18 Å². The van der Waals surface area contributed by atoms with Crippen molar-refractivity contribution in [3.05, 3.63) is 108 Å². The number of pyridine rings is 1. The van der Waals surface area contributed by atoms with E-state index in [0.717, 1.165) is 17.9 Å². The van der Waals surface area contributed by atoms with Crippen LogP contribution < -0.4 is 5.32 Å². The highest BCUT2D eigenvalue weighted by atomic mass is 19.4. The third-order valence-corrected chi connectivity index (χ3v) is 6.07.